The van der Waals surface area contributed by atoms with E-state index in [1.165, 1.54) is 16.2 Å². The van der Waals surface area contributed by atoms with E-state index in [-0.39, 0.29) is 11.7 Å². The summed E-state index contributed by atoms with van der Waals surface area (Å²) in [6.45, 7) is 4.82. The maximum absolute atomic E-state index is 12.4. The predicted molar refractivity (Wildman–Crippen MR) is 85.3 cm³/mol. The highest BCUT2D eigenvalue weighted by Crippen LogP contribution is 2.25. The number of anilines is 1. The van der Waals surface area contributed by atoms with Crippen LogP contribution in [0.1, 0.15) is 38.5 Å². The molecule has 3 nitrogen and oxygen atoms in total. The maximum atomic E-state index is 12.4. The quantitative estimate of drug-likeness (QED) is 0.810. The summed E-state index contributed by atoms with van der Waals surface area (Å²) in [6, 6.07) is 9.30. The first-order valence-corrected chi connectivity index (χ1v) is 7.90. The zero-order chi connectivity index (χ0) is 15.0. The summed E-state index contributed by atoms with van der Waals surface area (Å²) in [5, 5.41) is 0. The standard InChI is InChI=1S/C17H17NO2S/c1-11-10-15(21-12(11)2)17(20)13-5-7-14(8-6-13)18-9-3-4-16(18)19/h5-8,10H,3-4,9H2,1-2H3. The highest BCUT2D eigenvalue weighted by Gasteiger charge is 2.22. The molecule has 108 valence electrons. The number of nitrogens with zero attached hydrogens (tertiary/aromatic N) is 1. The zero-order valence-corrected chi connectivity index (χ0v) is 13.0. The minimum atomic E-state index is 0.0514. The minimum absolute atomic E-state index is 0.0514. The van der Waals surface area contributed by atoms with E-state index in [1.807, 2.05) is 44.2 Å². The van der Waals surface area contributed by atoms with Crippen molar-refractivity contribution in [2.75, 3.05) is 11.4 Å². The van der Waals surface area contributed by atoms with Gasteiger partial charge in [0.05, 0.1) is 4.88 Å². The first-order chi connectivity index (χ1) is 10.1. The second kappa shape index (κ2) is 5.45. The third-order valence-electron chi connectivity index (χ3n) is 3.90. The van der Waals surface area contributed by atoms with E-state index in [4.69, 9.17) is 0 Å². The van der Waals surface area contributed by atoms with Crippen molar-refractivity contribution in [2.45, 2.75) is 26.7 Å². The molecule has 0 atom stereocenters. The molecule has 2 aromatic rings. The molecule has 0 bridgehead atoms. The Morgan fingerprint density at radius 1 is 1.19 bits per heavy atom. The van der Waals surface area contributed by atoms with Gasteiger partial charge in [-0.05, 0) is 56.2 Å². The van der Waals surface area contributed by atoms with Crippen LogP contribution >= 0.6 is 11.3 Å². The van der Waals surface area contributed by atoms with E-state index < -0.39 is 0 Å². The molecule has 1 aromatic carbocycles. The molecule has 0 unspecified atom stereocenters. The van der Waals surface area contributed by atoms with E-state index in [0.29, 0.717) is 12.0 Å². The molecule has 0 aliphatic carbocycles. The molecule has 0 radical (unpaired) electrons. The number of aryl methyl sites for hydroxylation is 2. The Kier molecular flexibility index (Phi) is 3.64. The number of hydrogen-bond acceptors (Lipinski definition) is 3. The average Bonchev–Trinajstić information content (AvgIpc) is 3.05. The molecular formula is C17H17NO2S. The van der Waals surface area contributed by atoms with Crippen LogP contribution in [0.15, 0.2) is 30.3 Å². The topological polar surface area (TPSA) is 37.4 Å². The lowest BCUT2D eigenvalue weighted by Gasteiger charge is -2.15. The lowest BCUT2D eigenvalue weighted by atomic mass is 10.1. The molecule has 0 spiro atoms. The van der Waals surface area contributed by atoms with Crippen LogP contribution in [0.2, 0.25) is 0 Å². The number of rotatable bonds is 3. The number of carbonyl (C=O) groups is 2. The van der Waals surface area contributed by atoms with Gasteiger partial charge in [0.2, 0.25) is 11.7 Å². The third kappa shape index (κ3) is 2.63. The summed E-state index contributed by atoms with van der Waals surface area (Å²) in [7, 11) is 0. The van der Waals surface area contributed by atoms with E-state index in [1.54, 1.807) is 4.90 Å². The van der Waals surface area contributed by atoms with Crippen molar-refractivity contribution < 1.29 is 9.59 Å². The number of hydrogen-bond donors (Lipinski definition) is 0. The molecule has 1 fully saturated rings. The van der Waals surface area contributed by atoms with Crippen LogP contribution in [0.4, 0.5) is 5.69 Å². The van der Waals surface area contributed by atoms with Crippen LogP contribution in [0.5, 0.6) is 0 Å². The Labute approximate surface area is 128 Å². The van der Waals surface area contributed by atoms with Gasteiger partial charge in [0, 0.05) is 29.1 Å². The molecular weight excluding hydrogens is 282 g/mol. The van der Waals surface area contributed by atoms with Crippen molar-refractivity contribution in [1.29, 1.82) is 0 Å². The molecule has 3 rings (SSSR count). The molecule has 2 heterocycles. The van der Waals surface area contributed by atoms with E-state index in [0.717, 1.165) is 29.1 Å². The fourth-order valence-corrected chi connectivity index (χ4v) is 3.54. The van der Waals surface area contributed by atoms with Crippen molar-refractivity contribution in [1.82, 2.24) is 0 Å². The van der Waals surface area contributed by atoms with Crippen LogP contribution < -0.4 is 4.90 Å². The highest BCUT2D eigenvalue weighted by molar-refractivity contribution is 7.14. The van der Waals surface area contributed by atoms with Crippen LogP contribution in [-0.4, -0.2) is 18.2 Å². The third-order valence-corrected chi connectivity index (χ3v) is 5.06. The molecule has 1 amide bonds. The van der Waals surface area contributed by atoms with Crippen molar-refractivity contribution >= 4 is 28.7 Å². The second-order valence-corrected chi connectivity index (χ2v) is 6.63. The molecule has 0 saturated carbocycles. The predicted octanol–water partition coefficient (Wildman–Crippen LogP) is 3.72. The van der Waals surface area contributed by atoms with Gasteiger partial charge in [-0.1, -0.05) is 0 Å². The average molecular weight is 299 g/mol. The first-order valence-electron chi connectivity index (χ1n) is 7.08. The molecule has 1 aromatic heterocycles. The minimum Gasteiger partial charge on any atom is -0.312 e. The highest BCUT2D eigenvalue weighted by atomic mass is 32.1. The van der Waals surface area contributed by atoms with E-state index in [9.17, 15) is 9.59 Å². The smallest absolute Gasteiger partial charge is 0.227 e. The maximum Gasteiger partial charge on any atom is 0.227 e. The summed E-state index contributed by atoms with van der Waals surface area (Å²) in [4.78, 5) is 27.9. The van der Waals surface area contributed by atoms with Gasteiger partial charge >= 0.3 is 0 Å². The van der Waals surface area contributed by atoms with Gasteiger partial charge < -0.3 is 4.90 Å². The molecule has 21 heavy (non-hydrogen) atoms. The van der Waals surface area contributed by atoms with Gasteiger partial charge in [-0.2, -0.15) is 0 Å². The fourth-order valence-electron chi connectivity index (χ4n) is 2.54. The number of ketones is 1. The van der Waals surface area contributed by atoms with Gasteiger partial charge in [-0.3, -0.25) is 9.59 Å². The Morgan fingerprint density at radius 3 is 2.43 bits per heavy atom. The number of amides is 1. The summed E-state index contributed by atoms with van der Waals surface area (Å²) in [5.41, 5.74) is 2.71. The van der Waals surface area contributed by atoms with Crippen molar-refractivity contribution in [3.8, 4) is 0 Å². The first kappa shape index (κ1) is 14.0. The normalized spacial score (nSPS) is 14.8. The number of carbonyl (C=O) groups excluding carboxylic acids is 2. The van der Waals surface area contributed by atoms with Crippen LogP contribution in [-0.2, 0) is 4.79 Å². The lowest BCUT2D eigenvalue weighted by Crippen LogP contribution is -2.23. The van der Waals surface area contributed by atoms with Gasteiger partial charge in [0.15, 0.2) is 0 Å². The van der Waals surface area contributed by atoms with Crippen molar-refractivity contribution in [3.05, 3.63) is 51.2 Å². The molecule has 0 N–H and O–H groups in total. The second-order valence-electron chi connectivity index (χ2n) is 5.37. The SMILES string of the molecule is Cc1cc(C(=O)c2ccc(N3CCCC3=O)cc2)sc1C. The van der Waals surface area contributed by atoms with Crippen LogP contribution in [0.3, 0.4) is 0 Å². The van der Waals surface area contributed by atoms with Crippen LogP contribution in [0, 0.1) is 13.8 Å². The monoisotopic (exact) mass is 299 g/mol. The van der Waals surface area contributed by atoms with E-state index in [2.05, 4.69) is 0 Å². The molecule has 1 aliphatic heterocycles. The van der Waals surface area contributed by atoms with Gasteiger partial charge in [-0.15, -0.1) is 11.3 Å². The lowest BCUT2D eigenvalue weighted by molar-refractivity contribution is -0.117. The fraction of sp³-hybridized carbons (Fsp3) is 0.294. The van der Waals surface area contributed by atoms with E-state index >= 15 is 0 Å². The van der Waals surface area contributed by atoms with Crippen molar-refractivity contribution in [3.63, 3.8) is 0 Å². The summed E-state index contributed by atoms with van der Waals surface area (Å²) in [5.74, 6) is 0.217. The van der Waals surface area contributed by atoms with Crippen LogP contribution in [0.25, 0.3) is 0 Å². The molecule has 1 aliphatic rings. The molecule has 1 saturated heterocycles. The summed E-state index contributed by atoms with van der Waals surface area (Å²) in [6.07, 6.45) is 1.53. The van der Waals surface area contributed by atoms with Crippen molar-refractivity contribution in [2.24, 2.45) is 0 Å². The Balaban J connectivity index is 1.83. The number of thiophene rings is 1. The Morgan fingerprint density at radius 2 is 1.90 bits per heavy atom. The van der Waals surface area contributed by atoms with Gasteiger partial charge in [0.25, 0.3) is 0 Å². The molecule has 4 heteroatoms. The number of benzene rings is 1. The van der Waals surface area contributed by atoms with Gasteiger partial charge in [0.1, 0.15) is 0 Å². The Hall–Kier alpha value is -1.94. The van der Waals surface area contributed by atoms with Gasteiger partial charge in [-0.25, -0.2) is 0 Å². The summed E-state index contributed by atoms with van der Waals surface area (Å²) < 4.78 is 0. The zero-order valence-electron chi connectivity index (χ0n) is 12.2. The largest absolute Gasteiger partial charge is 0.312 e. The Bertz CT molecular complexity index is 681. The summed E-state index contributed by atoms with van der Waals surface area (Å²) >= 11 is 1.53.